The normalized spacial score (nSPS) is 14.3. The summed E-state index contributed by atoms with van der Waals surface area (Å²) in [6.45, 7) is 6.46. The highest BCUT2D eigenvalue weighted by molar-refractivity contribution is 7.17. The van der Waals surface area contributed by atoms with Crippen LogP contribution in [0.15, 0.2) is 66.3 Å². The van der Waals surface area contributed by atoms with Crippen molar-refractivity contribution < 1.29 is 14.7 Å². The van der Waals surface area contributed by atoms with Gasteiger partial charge in [0.1, 0.15) is 5.75 Å². The molecule has 0 saturated heterocycles. The number of nitrogens with zero attached hydrogens (tertiary/aromatic N) is 1. The summed E-state index contributed by atoms with van der Waals surface area (Å²) in [5, 5.41) is 18.5. The van der Waals surface area contributed by atoms with E-state index in [4.69, 9.17) is 11.6 Å². The molecule has 0 aliphatic carbocycles. The molecule has 4 N–H and O–H groups in total. The Morgan fingerprint density at radius 2 is 1.85 bits per heavy atom. The molecule has 3 aromatic heterocycles. The smallest absolute Gasteiger partial charge is 0.258 e. The number of amides is 2. The second-order valence-corrected chi connectivity index (χ2v) is 11.1. The first kappa shape index (κ1) is 26.9. The number of aromatic amines is 2. The van der Waals surface area contributed by atoms with Gasteiger partial charge in [-0.05, 0) is 65.2 Å². The van der Waals surface area contributed by atoms with Crippen LogP contribution in [0.2, 0.25) is 0 Å². The number of aromatic nitrogens is 2. The zero-order chi connectivity index (χ0) is 28.8. The Kier molecular flexibility index (Phi) is 6.97. The first-order chi connectivity index (χ1) is 19.9. The number of alkyl halides is 1. The SMILES string of the molecule is CC.Cc1csc2c(O)cc3c(c12)[C@H](CCl)CN3C(=O)c1ccc2c(NC(=O)c3ccc4cc[nH]c4c3)c[nH]c2c1. The van der Waals surface area contributed by atoms with Gasteiger partial charge in [0.25, 0.3) is 11.8 Å². The Balaban J connectivity index is 0.00000148. The summed E-state index contributed by atoms with van der Waals surface area (Å²) in [7, 11) is 0. The summed E-state index contributed by atoms with van der Waals surface area (Å²) in [4.78, 5) is 34.7. The van der Waals surface area contributed by atoms with Crippen LogP contribution in [0.4, 0.5) is 11.4 Å². The third kappa shape index (κ3) is 4.44. The number of aryl methyl sites for hydroxylation is 1. The van der Waals surface area contributed by atoms with Crippen molar-refractivity contribution in [1.29, 1.82) is 0 Å². The average molecular weight is 585 g/mol. The summed E-state index contributed by atoms with van der Waals surface area (Å²) in [5.41, 5.74) is 6.11. The van der Waals surface area contributed by atoms with E-state index in [9.17, 15) is 14.7 Å². The van der Waals surface area contributed by atoms with E-state index in [0.29, 0.717) is 34.9 Å². The first-order valence-corrected chi connectivity index (χ1v) is 15.0. The Bertz CT molecular complexity index is 1950. The van der Waals surface area contributed by atoms with Gasteiger partial charge in [-0.25, -0.2) is 0 Å². The average Bonchev–Trinajstić information content (AvgIpc) is 3.78. The number of phenolic OH excluding ortho intramolecular Hbond substituents is 1. The molecule has 1 aliphatic rings. The van der Waals surface area contributed by atoms with Crippen LogP contribution in [-0.2, 0) is 0 Å². The van der Waals surface area contributed by atoms with Crippen LogP contribution in [0, 0.1) is 6.92 Å². The molecular weight excluding hydrogens is 556 g/mol. The Morgan fingerprint density at radius 3 is 2.66 bits per heavy atom. The number of carbonyl (C=O) groups excluding carboxylic acids is 2. The highest BCUT2D eigenvalue weighted by atomic mass is 35.5. The van der Waals surface area contributed by atoms with E-state index >= 15 is 0 Å². The molecule has 0 saturated carbocycles. The molecule has 7 rings (SSSR count). The number of phenols is 1. The number of thiophene rings is 1. The number of fused-ring (bicyclic) bond motifs is 5. The fourth-order valence-corrected chi connectivity index (χ4v) is 6.87. The number of aromatic hydroxyl groups is 1. The molecule has 1 aliphatic heterocycles. The zero-order valence-electron chi connectivity index (χ0n) is 22.8. The van der Waals surface area contributed by atoms with Gasteiger partial charge in [-0.15, -0.1) is 22.9 Å². The maximum Gasteiger partial charge on any atom is 0.258 e. The fourth-order valence-electron chi connectivity index (χ4n) is 5.64. The molecule has 0 bridgehead atoms. The van der Waals surface area contributed by atoms with Gasteiger partial charge >= 0.3 is 0 Å². The van der Waals surface area contributed by atoms with Crippen molar-refractivity contribution in [2.24, 2.45) is 0 Å². The minimum atomic E-state index is -0.219. The Hall–Kier alpha value is -4.27. The fraction of sp³-hybridized carbons (Fsp3) is 0.188. The number of H-pyrrole nitrogens is 2. The summed E-state index contributed by atoms with van der Waals surface area (Å²) in [6, 6.07) is 14.6. The number of benzene rings is 3. The molecule has 0 spiro atoms. The first-order valence-electron chi connectivity index (χ1n) is 13.5. The van der Waals surface area contributed by atoms with Crippen LogP contribution in [-0.4, -0.2) is 39.3 Å². The third-order valence-electron chi connectivity index (χ3n) is 7.55. The van der Waals surface area contributed by atoms with Crippen molar-refractivity contribution in [1.82, 2.24) is 9.97 Å². The number of anilines is 2. The topological polar surface area (TPSA) is 101 Å². The van der Waals surface area contributed by atoms with Crippen LogP contribution < -0.4 is 10.2 Å². The van der Waals surface area contributed by atoms with Gasteiger partial charge in [0, 0.05) is 69.7 Å². The molecular formula is C32H29ClN4O3S. The predicted molar refractivity (Wildman–Crippen MR) is 169 cm³/mol. The van der Waals surface area contributed by atoms with Gasteiger partial charge in [-0.1, -0.05) is 19.9 Å². The number of nitrogens with one attached hydrogen (secondary N) is 3. The summed E-state index contributed by atoms with van der Waals surface area (Å²) in [5.74, 6) is 0.135. The minimum absolute atomic E-state index is 0.0248. The van der Waals surface area contributed by atoms with Crippen molar-refractivity contribution in [2.45, 2.75) is 26.7 Å². The molecule has 2 amide bonds. The summed E-state index contributed by atoms with van der Waals surface area (Å²) in [6.07, 6.45) is 3.57. The molecule has 0 unspecified atom stereocenters. The maximum atomic E-state index is 13.8. The van der Waals surface area contributed by atoms with Crippen molar-refractivity contribution >= 4 is 78.0 Å². The molecule has 4 heterocycles. The monoisotopic (exact) mass is 584 g/mol. The number of carbonyl (C=O) groups is 2. The highest BCUT2D eigenvalue weighted by Gasteiger charge is 2.36. The number of halogens is 1. The maximum absolute atomic E-state index is 13.8. The molecule has 9 heteroatoms. The van der Waals surface area contributed by atoms with Crippen molar-refractivity contribution in [2.75, 3.05) is 22.6 Å². The zero-order valence-corrected chi connectivity index (χ0v) is 24.4. The van der Waals surface area contributed by atoms with E-state index in [1.165, 1.54) is 11.3 Å². The van der Waals surface area contributed by atoms with E-state index in [2.05, 4.69) is 15.3 Å². The van der Waals surface area contributed by atoms with Gasteiger partial charge in [-0.3, -0.25) is 9.59 Å². The molecule has 1 atom stereocenters. The lowest BCUT2D eigenvalue weighted by atomic mass is 9.97. The highest BCUT2D eigenvalue weighted by Crippen LogP contribution is 2.48. The third-order valence-corrected chi connectivity index (χ3v) is 9.05. The van der Waals surface area contributed by atoms with Crippen LogP contribution in [0.5, 0.6) is 5.75 Å². The van der Waals surface area contributed by atoms with Crippen LogP contribution in [0.25, 0.3) is 31.9 Å². The molecule has 7 nitrogen and oxygen atoms in total. The lowest BCUT2D eigenvalue weighted by Crippen LogP contribution is -2.30. The van der Waals surface area contributed by atoms with Crippen LogP contribution in [0.1, 0.15) is 51.6 Å². The molecule has 6 aromatic rings. The van der Waals surface area contributed by atoms with Gasteiger partial charge in [0.05, 0.1) is 16.1 Å². The molecule has 208 valence electrons. The largest absolute Gasteiger partial charge is 0.506 e. The number of hydrogen-bond acceptors (Lipinski definition) is 4. The molecule has 3 aromatic carbocycles. The van der Waals surface area contributed by atoms with Gasteiger partial charge in [0.2, 0.25) is 0 Å². The summed E-state index contributed by atoms with van der Waals surface area (Å²) < 4.78 is 0.825. The van der Waals surface area contributed by atoms with Gasteiger partial charge < -0.3 is 25.3 Å². The van der Waals surface area contributed by atoms with Crippen LogP contribution >= 0.6 is 22.9 Å². The second-order valence-electron chi connectivity index (χ2n) is 9.91. The predicted octanol–water partition coefficient (Wildman–Crippen LogP) is 8.14. The second kappa shape index (κ2) is 10.6. The van der Waals surface area contributed by atoms with Gasteiger partial charge in [0.15, 0.2) is 0 Å². The van der Waals surface area contributed by atoms with E-state index in [1.807, 2.05) is 56.6 Å². The minimum Gasteiger partial charge on any atom is -0.506 e. The quantitative estimate of drug-likeness (QED) is 0.157. The number of rotatable bonds is 4. The van der Waals surface area contributed by atoms with E-state index in [-0.39, 0.29) is 23.5 Å². The van der Waals surface area contributed by atoms with E-state index in [0.717, 1.165) is 43.0 Å². The van der Waals surface area contributed by atoms with Crippen LogP contribution in [0.3, 0.4) is 0 Å². The van der Waals surface area contributed by atoms with Crippen molar-refractivity contribution in [3.63, 3.8) is 0 Å². The lowest BCUT2D eigenvalue weighted by Gasteiger charge is -2.18. The van der Waals surface area contributed by atoms with Crippen molar-refractivity contribution in [3.05, 3.63) is 88.6 Å². The Morgan fingerprint density at radius 1 is 1.07 bits per heavy atom. The number of hydrogen-bond donors (Lipinski definition) is 4. The standard InChI is InChI=1S/C30H23ClN4O3S.C2H6/c1-15-14-39-28-25(36)10-24-27(26(15)28)19(11-31)13-35(24)30(38)18-4-5-20-22(9-18)33-12-23(20)34-29(37)17-3-2-16-6-7-32-21(16)8-17;1-2/h2-10,12,14,19,32-33,36H,11,13H2,1H3,(H,34,37);1-2H3/t19-;/m1./s1. The van der Waals surface area contributed by atoms with Crippen molar-refractivity contribution in [3.8, 4) is 5.75 Å². The lowest BCUT2D eigenvalue weighted by molar-refractivity contribution is 0.0986. The molecule has 41 heavy (non-hydrogen) atoms. The molecule has 0 radical (unpaired) electrons. The van der Waals surface area contributed by atoms with Gasteiger partial charge in [-0.2, -0.15) is 0 Å². The van der Waals surface area contributed by atoms with E-state index < -0.39 is 0 Å². The Labute approximate surface area is 245 Å². The molecule has 0 fully saturated rings. The summed E-state index contributed by atoms with van der Waals surface area (Å²) >= 11 is 7.86. The van der Waals surface area contributed by atoms with E-state index in [1.54, 1.807) is 35.4 Å².